The largest absolute Gasteiger partial charge is 0.468 e. The molecule has 77 heavy (non-hydrogen) atoms. The summed E-state index contributed by atoms with van der Waals surface area (Å²) in [7, 11) is 0. The second-order valence-corrected chi connectivity index (χ2v) is 21.6. The second-order valence-electron chi connectivity index (χ2n) is 20.6. The summed E-state index contributed by atoms with van der Waals surface area (Å²) in [5.41, 5.74) is -16.1. The predicted octanol–water partition coefficient (Wildman–Crippen LogP) is 18.0. The number of aromatic nitrogens is 1. The van der Waals surface area contributed by atoms with Crippen molar-refractivity contribution < 1.29 is 52.4 Å². The molecule has 10 aromatic carbocycles. The number of rotatable bonds is 5. The van der Waals surface area contributed by atoms with E-state index in [1.54, 1.807) is 41.5 Å². The van der Waals surface area contributed by atoms with Crippen LogP contribution in [0.15, 0.2) is 216 Å². The Hall–Kier alpha value is -8.78. The maximum atomic E-state index is 11.4. The van der Waals surface area contributed by atoms with Crippen LogP contribution in [0.3, 0.4) is 0 Å². The number of anilines is 9. The van der Waals surface area contributed by atoms with Gasteiger partial charge in [-0.1, -0.05) is 150 Å². The first-order valence-electron chi connectivity index (χ1n) is 41.6. The molecule has 0 bridgehead atoms. The molecule has 0 spiro atoms. The molecule has 0 atom stereocenters. The van der Waals surface area contributed by atoms with Crippen molar-refractivity contribution >= 4 is 139 Å². The minimum atomic E-state index is -2.19. The van der Waals surface area contributed by atoms with Crippen LogP contribution in [0.4, 0.5) is 51.2 Å². The molecule has 0 aliphatic carbocycles. The molecule has 6 heterocycles. The third kappa shape index (κ3) is 6.41. The number of hydrogen-bond acceptors (Lipinski definition) is 5. The molecule has 16 rings (SSSR count). The average molecular weight is 1040 g/mol. The molecule has 0 radical (unpaired) electrons. The first-order valence-corrected chi connectivity index (χ1v) is 24.9. The molecule has 0 saturated heterocycles. The van der Waals surface area contributed by atoms with Crippen LogP contribution in [0.2, 0.25) is 0 Å². The summed E-state index contributed by atoms with van der Waals surface area (Å²) in [6.07, 6.45) is 0. The van der Waals surface area contributed by atoms with Crippen LogP contribution in [0.5, 0.6) is 0 Å². The number of fused-ring (bicyclic) bond motifs is 14. The van der Waals surface area contributed by atoms with E-state index >= 15 is 0 Å². The molecule has 3 aliphatic rings. The van der Waals surface area contributed by atoms with Crippen molar-refractivity contribution in [3.05, 3.63) is 223 Å². The van der Waals surface area contributed by atoms with Gasteiger partial charge in [-0.05, 0) is 147 Å². The molecular weight excluding hydrogens is 956 g/mol. The summed E-state index contributed by atoms with van der Waals surface area (Å²) < 4.78 is 348. The second kappa shape index (κ2) is 15.9. The Morgan fingerprint density at radius 1 is 0.468 bits per heavy atom. The SMILES string of the molecule is [2H]c1c([2H])c([2H])c(-c2c([2H])c([2H])c3oc4c(c3c2[2H])N(c2c([2H])c([2H])c3sc5c([2H])c([2H])c([2H])c([2H])c5c3c2[2H])c2c([2H])c(N(c3c([2H])c([2H])c([2H])c([2H])c3[2H])c3c([2H])c([2H])c([2H])c([2H])c3[2H])c([2H])c3c2B4c2c([2H])c([2H])c([2H])c4c2N3c2c([2H])c(C(C)(C)C)c([2H])c3c5c([2H])c(C(C)(C)C)c([2H])c([2H])c5n-4c23)c([2H])c1[2H]. The molecule has 3 aliphatic heterocycles. The first-order chi connectivity index (χ1) is 52.1. The molecule has 0 saturated carbocycles. The minimum Gasteiger partial charge on any atom is -0.468 e. The standard InChI is InChI=1S/C70H53BN4OS/c1-69(2,3)44-30-32-56-51(36-44)53-37-45(70(4,5)6)38-60-65(53)74(56)57-27-18-26-55-67(57)75(60)59-41-49(72(46-21-12-8-13-22-46)47-23-14-9-15-24-47)40-58-64(59)71(55)68-66(54-35-43(29-33-61(54)76-68)42-19-10-7-11-20-42)73(58)48-31-34-63-52(39-48)50-25-16-17-28-62(50)77-63/h7-41H,1-6H3/i7D,8D,9D,10D,11D,12D,13D,14D,15D,16D,17D,18D,19D,20D,21D,22D,23D,24D,25D,26D,27D,28D,29D,30D,31D,32D,33D,34D,35D,36D,37D,38D,39D,40D,41D. The lowest BCUT2D eigenvalue weighted by Gasteiger charge is -2.45. The number of furan rings is 1. The van der Waals surface area contributed by atoms with Gasteiger partial charge >= 0.3 is 0 Å². The van der Waals surface area contributed by atoms with Crippen LogP contribution in [0.1, 0.15) is 101 Å². The summed E-state index contributed by atoms with van der Waals surface area (Å²) in [5.74, 6) is 0. The van der Waals surface area contributed by atoms with Gasteiger partial charge in [0.15, 0.2) is 0 Å². The van der Waals surface area contributed by atoms with Gasteiger partial charge in [0.2, 0.25) is 0 Å². The highest BCUT2D eigenvalue weighted by Gasteiger charge is 2.49. The van der Waals surface area contributed by atoms with Crippen molar-refractivity contribution in [2.24, 2.45) is 0 Å². The Morgan fingerprint density at radius 2 is 1.14 bits per heavy atom. The van der Waals surface area contributed by atoms with Crippen LogP contribution >= 0.6 is 11.3 Å². The van der Waals surface area contributed by atoms with E-state index in [2.05, 4.69) is 0 Å². The van der Waals surface area contributed by atoms with E-state index in [1.807, 2.05) is 0 Å². The Bertz CT molecular complexity index is 6620. The van der Waals surface area contributed by atoms with Gasteiger partial charge in [-0.3, -0.25) is 0 Å². The maximum Gasteiger partial charge on any atom is 0.297 e. The van der Waals surface area contributed by atoms with Gasteiger partial charge in [0, 0.05) is 64.8 Å². The number of hydrogen-bond donors (Lipinski definition) is 0. The molecule has 0 N–H and O–H groups in total. The Morgan fingerprint density at radius 3 is 1.88 bits per heavy atom. The topological polar surface area (TPSA) is 27.8 Å². The molecular formula is C70H53BN4OS. The van der Waals surface area contributed by atoms with Gasteiger partial charge in [-0.25, -0.2) is 0 Å². The van der Waals surface area contributed by atoms with Crippen molar-refractivity contribution in [3.63, 3.8) is 0 Å². The van der Waals surface area contributed by atoms with Crippen molar-refractivity contribution in [1.29, 1.82) is 0 Å². The summed E-state index contributed by atoms with van der Waals surface area (Å²) in [4.78, 5) is 2.33. The molecule has 7 heteroatoms. The van der Waals surface area contributed by atoms with E-state index in [0.29, 0.717) is 16.2 Å². The van der Waals surface area contributed by atoms with Gasteiger partial charge in [0.1, 0.15) is 5.58 Å². The molecule has 3 aromatic heterocycles. The number of thiophene rings is 1. The fraction of sp³-hybridized carbons (Fsp3) is 0.114. The van der Waals surface area contributed by atoms with Gasteiger partial charge in [-0.2, -0.15) is 0 Å². The number of nitrogens with zero attached hydrogens (tertiary/aromatic N) is 4. The van der Waals surface area contributed by atoms with Crippen molar-refractivity contribution in [2.45, 2.75) is 52.4 Å². The molecule has 0 amide bonds. The van der Waals surface area contributed by atoms with Crippen LogP contribution in [-0.2, 0) is 10.8 Å². The minimum absolute atomic E-state index is 0.00674. The van der Waals surface area contributed by atoms with Crippen LogP contribution in [0, 0.1) is 0 Å². The Kier molecular flexibility index (Phi) is 4.55. The van der Waals surface area contributed by atoms with Gasteiger partial charge in [-0.15, -0.1) is 11.3 Å². The van der Waals surface area contributed by atoms with Crippen molar-refractivity contribution in [3.8, 4) is 16.8 Å². The van der Waals surface area contributed by atoms with Gasteiger partial charge in [0.25, 0.3) is 6.71 Å². The highest BCUT2D eigenvalue weighted by Crippen LogP contribution is 2.56. The van der Waals surface area contributed by atoms with Crippen LogP contribution < -0.4 is 31.3 Å². The first kappa shape index (κ1) is 22.1. The van der Waals surface area contributed by atoms with Crippen LogP contribution in [-0.4, -0.2) is 11.3 Å². The maximum absolute atomic E-state index is 11.4. The molecule has 5 nitrogen and oxygen atoms in total. The van der Waals surface area contributed by atoms with Gasteiger partial charge in [0.05, 0.1) is 93.1 Å². The smallest absolute Gasteiger partial charge is 0.297 e. The zero-order valence-corrected chi connectivity index (χ0v) is 42.0. The van der Waals surface area contributed by atoms with E-state index in [-0.39, 0.29) is 42.3 Å². The lowest BCUT2D eigenvalue weighted by Crippen LogP contribution is -2.61. The fourth-order valence-corrected chi connectivity index (χ4v) is 11.4. The van der Waals surface area contributed by atoms with Crippen molar-refractivity contribution in [2.75, 3.05) is 14.7 Å². The summed E-state index contributed by atoms with van der Waals surface area (Å²) in [5, 5.41) is -2.09. The van der Waals surface area contributed by atoms with E-state index in [1.165, 1.54) is 4.57 Å². The average Bonchev–Trinajstić information content (AvgIpc) is 1.33. The zero-order chi connectivity index (χ0) is 82.1. The summed E-state index contributed by atoms with van der Waals surface area (Å²) in [6, 6.07) is -33.3. The third-order valence-corrected chi connectivity index (χ3v) is 14.9. The highest BCUT2D eigenvalue weighted by atomic mass is 32.1. The molecule has 368 valence electrons. The van der Waals surface area contributed by atoms with Crippen LogP contribution in [0.25, 0.3) is 69.8 Å². The number of para-hydroxylation sites is 3. The quantitative estimate of drug-likeness (QED) is 0.161. The lowest BCUT2D eigenvalue weighted by molar-refractivity contribution is 0.590. The van der Waals surface area contributed by atoms with E-state index in [9.17, 15) is 37.0 Å². The fourth-order valence-electron chi connectivity index (χ4n) is 10.5. The molecule has 13 aromatic rings. The third-order valence-electron chi connectivity index (χ3n) is 13.9. The lowest BCUT2D eigenvalue weighted by atomic mass is 9.35. The molecule has 0 unspecified atom stereocenters. The van der Waals surface area contributed by atoms with Crippen molar-refractivity contribution in [1.82, 2.24) is 4.57 Å². The monoisotopic (exact) mass is 1040 g/mol. The van der Waals surface area contributed by atoms with E-state index in [0.717, 1.165) is 9.80 Å². The Balaban J connectivity index is 1.26. The normalized spacial score (nSPS) is 19.9. The van der Waals surface area contributed by atoms with E-state index < -0.39 is 335 Å². The molecule has 0 fully saturated rings. The highest BCUT2D eigenvalue weighted by molar-refractivity contribution is 7.25. The van der Waals surface area contributed by atoms with Gasteiger partial charge < -0.3 is 23.7 Å². The van der Waals surface area contributed by atoms with E-state index in [4.69, 9.17) is 15.4 Å². The summed E-state index contributed by atoms with van der Waals surface area (Å²) >= 11 is 0.581. The Labute approximate surface area is 501 Å². The predicted molar refractivity (Wildman–Crippen MR) is 329 cm³/mol. The summed E-state index contributed by atoms with van der Waals surface area (Å²) in [6.45, 7) is 7.74. The zero-order valence-electron chi connectivity index (χ0n) is 76.2. The number of benzene rings is 10.